The molecule has 2 N–H and O–H groups in total. The average molecular weight is 352 g/mol. The first-order valence-electron chi connectivity index (χ1n) is 8.15. The highest BCUT2D eigenvalue weighted by atomic mass is 16.5. The van der Waals surface area contributed by atoms with Gasteiger partial charge in [0.25, 0.3) is 0 Å². The summed E-state index contributed by atoms with van der Waals surface area (Å²) in [5, 5.41) is 5.51. The van der Waals surface area contributed by atoms with Crippen LogP contribution in [0, 0.1) is 0 Å². The Morgan fingerprint density at radius 3 is 2.35 bits per heavy atom. The van der Waals surface area contributed by atoms with E-state index in [1.807, 2.05) is 24.3 Å². The van der Waals surface area contributed by atoms with E-state index in [2.05, 4.69) is 10.6 Å². The predicted octanol–water partition coefficient (Wildman–Crippen LogP) is 3.21. The Bertz CT molecular complexity index is 875. The number of ketones is 1. The highest BCUT2D eigenvalue weighted by molar-refractivity contribution is 6.11. The first kappa shape index (κ1) is 17.5. The van der Waals surface area contributed by atoms with Gasteiger partial charge in [0.2, 0.25) is 0 Å². The molecule has 134 valence electrons. The molecule has 0 aliphatic carbocycles. The normalized spacial score (nSPS) is 16.6. The zero-order valence-electron chi connectivity index (χ0n) is 14.8. The van der Waals surface area contributed by atoms with Gasteiger partial charge in [0, 0.05) is 16.8 Å². The van der Waals surface area contributed by atoms with Crippen LogP contribution < -0.4 is 20.1 Å². The third-order valence-electron chi connectivity index (χ3n) is 4.29. The number of methoxy groups -OCH3 is 2. The molecule has 2 amide bonds. The molecule has 0 radical (unpaired) electrons. The molecule has 0 aromatic heterocycles. The zero-order valence-corrected chi connectivity index (χ0v) is 14.8. The van der Waals surface area contributed by atoms with Gasteiger partial charge < -0.3 is 20.1 Å². The van der Waals surface area contributed by atoms with Crippen molar-refractivity contribution >= 4 is 11.8 Å². The molecule has 0 fully saturated rings. The molecule has 0 saturated heterocycles. The van der Waals surface area contributed by atoms with E-state index in [-0.39, 0.29) is 11.8 Å². The standard InChI is InChI=1S/C20H20N2O4/c1-12-17(19(23)13-7-5-4-6-8-13)18(22-20(24)21-12)14-9-10-15(25-2)16(11-14)26-3/h4-11,18H,1-3H3,(H2,21,22,24)/t18-/m0/s1. The fourth-order valence-corrected chi connectivity index (χ4v) is 3.02. The van der Waals surface area contributed by atoms with E-state index in [1.165, 1.54) is 0 Å². The number of nitrogens with one attached hydrogen (secondary N) is 2. The molecule has 0 spiro atoms. The van der Waals surface area contributed by atoms with Crippen molar-refractivity contribution in [2.75, 3.05) is 14.2 Å². The summed E-state index contributed by atoms with van der Waals surface area (Å²) >= 11 is 0. The number of amides is 2. The van der Waals surface area contributed by atoms with Crippen LogP contribution in [0.15, 0.2) is 59.8 Å². The molecular formula is C20H20N2O4. The Labute approximate surface area is 151 Å². The molecular weight excluding hydrogens is 332 g/mol. The number of hydrogen-bond acceptors (Lipinski definition) is 4. The maximum absolute atomic E-state index is 13.1. The first-order chi connectivity index (χ1) is 12.5. The van der Waals surface area contributed by atoms with Crippen molar-refractivity contribution in [1.29, 1.82) is 0 Å². The third kappa shape index (κ3) is 3.26. The molecule has 2 aromatic carbocycles. The summed E-state index contributed by atoms with van der Waals surface area (Å²) in [6.45, 7) is 1.72. The molecule has 3 rings (SSSR count). The number of rotatable bonds is 5. The lowest BCUT2D eigenvalue weighted by molar-refractivity contribution is 0.102. The third-order valence-corrected chi connectivity index (χ3v) is 4.29. The quantitative estimate of drug-likeness (QED) is 0.810. The molecule has 1 heterocycles. The van der Waals surface area contributed by atoms with Crippen molar-refractivity contribution in [2.45, 2.75) is 13.0 Å². The zero-order chi connectivity index (χ0) is 18.7. The molecule has 26 heavy (non-hydrogen) atoms. The van der Waals surface area contributed by atoms with Crippen molar-refractivity contribution in [2.24, 2.45) is 0 Å². The second-order valence-electron chi connectivity index (χ2n) is 5.88. The van der Waals surface area contributed by atoms with Gasteiger partial charge in [-0.2, -0.15) is 0 Å². The van der Waals surface area contributed by atoms with Crippen molar-refractivity contribution in [3.63, 3.8) is 0 Å². The van der Waals surface area contributed by atoms with Gasteiger partial charge in [-0.05, 0) is 24.6 Å². The Hall–Kier alpha value is -3.28. The van der Waals surface area contributed by atoms with Gasteiger partial charge in [0.05, 0.1) is 20.3 Å². The Balaban J connectivity index is 2.07. The number of allylic oxidation sites excluding steroid dienone is 1. The molecule has 0 unspecified atom stereocenters. The van der Waals surface area contributed by atoms with Gasteiger partial charge in [-0.25, -0.2) is 4.79 Å². The van der Waals surface area contributed by atoms with Crippen LogP contribution in [0.3, 0.4) is 0 Å². The highest BCUT2D eigenvalue weighted by Gasteiger charge is 2.32. The summed E-state index contributed by atoms with van der Waals surface area (Å²) in [5.74, 6) is 0.963. The van der Waals surface area contributed by atoms with Crippen LogP contribution in [-0.4, -0.2) is 26.0 Å². The number of ether oxygens (including phenoxy) is 2. The Morgan fingerprint density at radius 2 is 1.69 bits per heavy atom. The van der Waals surface area contributed by atoms with E-state index in [9.17, 15) is 9.59 Å². The topological polar surface area (TPSA) is 76.7 Å². The van der Waals surface area contributed by atoms with Crippen LogP contribution in [0.25, 0.3) is 0 Å². The van der Waals surface area contributed by atoms with Crippen LogP contribution in [-0.2, 0) is 0 Å². The summed E-state index contributed by atoms with van der Waals surface area (Å²) < 4.78 is 10.6. The minimum absolute atomic E-state index is 0.143. The summed E-state index contributed by atoms with van der Waals surface area (Å²) in [6.07, 6.45) is 0. The molecule has 1 aliphatic rings. The SMILES string of the molecule is COc1ccc([C@@H]2NC(=O)NC(C)=C2C(=O)c2ccccc2)cc1OC. The lowest BCUT2D eigenvalue weighted by Crippen LogP contribution is -2.45. The number of urea groups is 1. The minimum atomic E-state index is -0.587. The van der Waals surface area contributed by atoms with Gasteiger partial charge in [-0.1, -0.05) is 36.4 Å². The molecule has 6 nitrogen and oxygen atoms in total. The Morgan fingerprint density at radius 1 is 1.00 bits per heavy atom. The van der Waals surface area contributed by atoms with E-state index in [1.54, 1.807) is 45.4 Å². The summed E-state index contributed by atoms with van der Waals surface area (Å²) in [6, 6.07) is 13.4. The van der Waals surface area contributed by atoms with Gasteiger partial charge in [-0.15, -0.1) is 0 Å². The maximum Gasteiger partial charge on any atom is 0.319 e. The summed E-state index contributed by atoms with van der Waals surface area (Å²) in [5.41, 5.74) is 2.31. The lowest BCUT2D eigenvalue weighted by Gasteiger charge is -2.29. The molecule has 0 bridgehead atoms. The van der Waals surface area contributed by atoms with Gasteiger partial charge in [-0.3, -0.25) is 4.79 Å². The monoisotopic (exact) mass is 352 g/mol. The van der Waals surface area contributed by atoms with Crippen LogP contribution in [0.5, 0.6) is 11.5 Å². The number of hydrogen-bond donors (Lipinski definition) is 2. The molecule has 1 aliphatic heterocycles. The molecule has 6 heteroatoms. The maximum atomic E-state index is 13.1. The number of carbonyl (C=O) groups excluding carboxylic acids is 2. The number of Topliss-reactive ketones (excluding diaryl/α,β-unsaturated/α-hetero) is 1. The summed E-state index contributed by atoms with van der Waals surface area (Å²) in [7, 11) is 3.10. The van der Waals surface area contributed by atoms with Gasteiger partial charge >= 0.3 is 6.03 Å². The van der Waals surface area contributed by atoms with E-state index >= 15 is 0 Å². The second-order valence-corrected chi connectivity index (χ2v) is 5.88. The molecule has 1 atom stereocenters. The Kier molecular flexibility index (Phi) is 4.93. The van der Waals surface area contributed by atoms with Crippen LogP contribution in [0.4, 0.5) is 4.79 Å². The van der Waals surface area contributed by atoms with Crippen molar-refractivity contribution in [3.05, 3.63) is 70.9 Å². The van der Waals surface area contributed by atoms with Gasteiger partial charge in [0.15, 0.2) is 17.3 Å². The molecule has 2 aromatic rings. The van der Waals surface area contributed by atoms with Crippen LogP contribution in [0.2, 0.25) is 0 Å². The minimum Gasteiger partial charge on any atom is -0.493 e. The largest absolute Gasteiger partial charge is 0.493 e. The smallest absolute Gasteiger partial charge is 0.319 e. The molecule has 0 saturated carbocycles. The average Bonchev–Trinajstić information content (AvgIpc) is 2.67. The van der Waals surface area contributed by atoms with E-state index < -0.39 is 6.04 Å². The van der Waals surface area contributed by atoms with E-state index in [4.69, 9.17) is 9.47 Å². The number of carbonyl (C=O) groups is 2. The summed E-state index contributed by atoms with van der Waals surface area (Å²) in [4.78, 5) is 25.1. The van der Waals surface area contributed by atoms with Crippen molar-refractivity contribution < 1.29 is 19.1 Å². The second kappa shape index (κ2) is 7.31. The van der Waals surface area contributed by atoms with Crippen molar-refractivity contribution in [3.8, 4) is 11.5 Å². The van der Waals surface area contributed by atoms with Gasteiger partial charge in [0.1, 0.15) is 0 Å². The number of benzene rings is 2. The fraction of sp³-hybridized carbons (Fsp3) is 0.200. The van der Waals surface area contributed by atoms with Crippen molar-refractivity contribution in [1.82, 2.24) is 10.6 Å². The van der Waals surface area contributed by atoms with Crippen LogP contribution >= 0.6 is 0 Å². The highest BCUT2D eigenvalue weighted by Crippen LogP contribution is 2.35. The van der Waals surface area contributed by atoms with E-state index in [0.29, 0.717) is 28.3 Å². The first-order valence-corrected chi connectivity index (χ1v) is 8.15. The fourth-order valence-electron chi connectivity index (χ4n) is 3.02. The van der Waals surface area contributed by atoms with Crippen LogP contribution in [0.1, 0.15) is 28.9 Å². The van der Waals surface area contributed by atoms with E-state index in [0.717, 1.165) is 5.56 Å². The predicted molar refractivity (Wildman–Crippen MR) is 97.4 cm³/mol. The lowest BCUT2D eigenvalue weighted by atomic mass is 9.89.